The first-order valence-electron chi connectivity index (χ1n) is 50.3. The maximum Gasteiger partial charge on any atom is 0.252 e. The third-order valence-corrected chi connectivity index (χ3v) is 29.8. The largest absolute Gasteiger partial charge is 0.311 e. The smallest absolute Gasteiger partial charge is 0.252 e. The highest BCUT2D eigenvalue weighted by molar-refractivity contribution is 7.00. The molecular weight excluding hydrogens is 1630 g/mol. The Labute approximate surface area is 813 Å². The monoisotopic (exact) mass is 1780 g/mol. The second kappa shape index (κ2) is 31.8. The third-order valence-electron chi connectivity index (χ3n) is 29.8. The number of rotatable bonds is 8. The number of hydrogen-bond donors (Lipinski definition) is 0. The number of para-hydroxylation sites is 2. The Bertz CT molecular complexity index is 6800. The Morgan fingerprint density at radius 1 is 0.185 bits per heavy atom. The van der Waals surface area contributed by atoms with Gasteiger partial charge in [-0.05, 0) is 277 Å². The van der Waals surface area contributed by atoms with Gasteiger partial charge in [0.1, 0.15) is 0 Å². The molecule has 0 aliphatic carbocycles. The predicted molar refractivity (Wildman–Crippen MR) is 594 cm³/mol. The molecule has 15 aromatic rings. The minimum atomic E-state index is -0.401. The molecule has 0 saturated heterocycles. The molecule has 0 N–H and O–H groups in total. The summed E-state index contributed by atoms with van der Waals surface area (Å²) in [5.74, 6) is 0. The van der Waals surface area contributed by atoms with E-state index in [-0.39, 0.29) is 71.7 Å². The Balaban J connectivity index is 1.11. The van der Waals surface area contributed by atoms with Crippen LogP contribution in [0.4, 0.5) is 34.1 Å². The summed E-state index contributed by atoms with van der Waals surface area (Å²) in [5, 5.41) is 5.00. The topological polar surface area (TPSA) is 16.3 Å². The zero-order valence-corrected chi connectivity index (χ0v) is 89.8. The van der Waals surface area contributed by atoms with E-state index in [1.54, 1.807) is 0 Å². The van der Waals surface area contributed by atoms with Crippen molar-refractivity contribution >= 4 is 101 Å². The van der Waals surface area contributed by atoms with E-state index < -0.39 is 5.41 Å². The van der Waals surface area contributed by atoms with E-state index in [9.17, 15) is 0 Å². The van der Waals surface area contributed by atoms with Gasteiger partial charge in [-0.15, -0.1) is 0 Å². The molecular formula is C130H155BN4. The van der Waals surface area contributed by atoms with Gasteiger partial charge < -0.3 is 18.9 Å². The fourth-order valence-corrected chi connectivity index (χ4v) is 21.7. The number of nitrogens with zero attached hydrogens (tertiary/aromatic N) is 4. The Morgan fingerprint density at radius 3 is 0.756 bits per heavy atom. The molecule has 135 heavy (non-hydrogen) atoms. The van der Waals surface area contributed by atoms with Gasteiger partial charge in [-0.1, -0.05) is 416 Å². The zero-order valence-electron chi connectivity index (χ0n) is 89.8. The summed E-state index contributed by atoms with van der Waals surface area (Å²) in [6, 6.07) is 94.5. The summed E-state index contributed by atoms with van der Waals surface area (Å²) in [6.45, 7) is 93.7. The van der Waals surface area contributed by atoms with Gasteiger partial charge in [0, 0.05) is 66.8 Å². The number of fused-ring (bicyclic) bond motifs is 10. The van der Waals surface area contributed by atoms with Crippen LogP contribution in [0.1, 0.15) is 342 Å². The fourth-order valence-electron chi connectivity index (χ4n) is 21.7. The first kappa shape index (κ1) is 95.8. The molecule has 2 aromatic heterocycles. The SMILES string of the molecule is CC(C)(C)c1cc2c3c(c1)N(c1cc(-c4c(C(C)(C)C)cc(C(C)(C)C)cc4C(C)(C)C)ccc1-c1ccc(C(C)(C)C)cc1C(C)(C)C)c1cc(-n4c5ccccc5c5cc(C(C)(C)C)ccc54)ccc1B3c1ccc(-n3c4ccccc4c4cc(C(C)(C)C)ccc43)cc1N2c1cc(-c2c(C(C)(C)C)cc(C(C)(C)C)cc2C(C)(C)C)ccc1-c1ccc(C(C)(C)C)cc1C(C)(C)C. The van der Waals surface area contributed by atoms with Crippen molar-refractivity contribution in [2.75, 3.05) is 9.80 Å². The summed E-state index contributed by atoms with van der Waals surface area (Å²) in [6.07, 6.45) is 0. The second-order valence-electron chi connectivity index (χ2n) is 53.8. The van der Waals surface area contributed by atoms with Gasteiger partial charge in [-0.2, -0.15) is 0 Å². The molecule has 0 spiro atoms. The molecule has 2 aliphatic rings. The van der Waals surface area contributed by atoms with E-state index in [1.807, 2.05) is 0 Å². The van der Waals surface area contributed by atoms with Crippen LogP contribution in [0.2, 0.25) is 0 Å². The van der Waals surface area contributed by atoms with Crippen molar-refractivity contribution in [3.05, 3.63) is 303 Å². The summed E-state index contributed by atoms with van der Waals surface area (Å²) in [7, 11) is 0. The van der Waals surface area contributed by atoms with Gasteiger partial charge in [0.25, 0.3) is 6.71 Å². The molecule has 0 radical (unpaired) electrons. The van der Waals surface area contributed by atoms with Crippen LogP contribution in [0.15, 0.2) is 231 Å². The number of benzene rings is 13. The van der Waals surface area contributed by atoms with Crippen molar-refractivity contribution in [1.82, 2.24) is 9.13 Å². The van der Waals surface area contributed by atoms with Gasteiger partial charge in [-0.3, -0.25) is 0 Å². The number of hydrogen-bond acceptors (Lipinski definition) is 2. The van der Waals surface area contributed by atoms with E-state index in [0.29, 0.717) is 0 Å². The van der Waals surface area contributed by atoms with Crippen LogP contribution in [-0.2, 0) is 70.4 Å². The summed E-state index contributed by atoms with van der Waals surface area (Å²) < 4.78 is 5.18. The lowest BCUT2D eigenvalue weighted by Crippen LogP contribution is -2.61. The van der Waals surface area contributed by atoms with Crippen molar-refractivity contribution in [2.24, 2.45) is 0 Å². The number of aromatic nitrogens is 2. The van der Waals surface area contributed by atoms with Crippen molar-refractivity contribution in [2.45, 2.75) is 340 Å². The van der Waals surface area contributed by atoms with Crippen LogP contribution in [0.5, 0.6) is 0 Å². The first-order valence-corrected chi connectivity index (χ1v) is 50.3. The van der Waals surface area contributed by atoms with E-state index in [1.165, 1.54) is 188 Å². The third kappa shape index (κ3) is 17.1. The summed E-state index contributed by atoms with van der Waals surface area (Å²) in [5.41, 5.74) is 42.2. The zero-order chi connectivity index (χ0) is 98.4. The van der Waals surface area contributed by atoms with E-state index in [4.69, 9.17) is 0 Å². The van der Waals surface area contributed by atoms with E-state index in [0.717, 1.165) is 34.1 Å². The molecule has 0 bridgehead atoms. The standard InChI is InChI=1S/C130H155BN4/c1-118(2,3)80-52-62-107-95(66-80)91-44-40-42-46-105(91)132(107)87-54-60-103-111(76-87)134(109-64-78(48-56-93(109)89-58-50-82(120(7,8)9)68-97(89)125(22,23)24)115-99(127(28,29)30)70-84(122(13,14)15)71-100(115)128(31,32)33)113-74-86(124(19,20)21)75-114-117(113)131(103)104-61-55-88(133-106-47-43-41-45-92(106)96-67-81(119(4,5)6)53-63-108(96)133)77-112(104)135(114)110-65-79(49-57-94(110)90-59-51-83(121(10,11)12)69-98(90)126(25,26)27)116-101(129(34,35)36)72-85(123(16,17)18)73-102(116)130(37,38)39/h40-77H,1-39H3. The molecule has 17 rings (SSSR count). The predicted octanol–water partition coefficient (Wildman–Crippen LogP) is 35.5. The lowest BCUT2D eigenvalue weighted by Gasteiger charge is -2.46. The van der Waals surface area contributed by atoms with Crippen molar-refractivity contribution in [3.63, 3.8) is 0 Å². The highest BCUT2D eigenvalue weighted by Crippen LogP contribution is 2.57. The van der Waals surface area contributed by atoms with Crippen molar-refractivity contribution in [3.8, 4) is 55.9 Å². The second-order valence-corrected chi connectivity index (χ2v) is 53.8. The van der Waals surface area contributed by atoms with Crippen molar-refractivity contribution in [1.29, 1.82) is 0 Å². The van der Waals surface area contributed by atoms with E-state index >= 15 is 0 Å². The average Bonchev–Trinajstić information content (AvgIpc) is 0.966. The van der Waals surface area contributed by atoms with Gasteiger partial charge in [-0.25, -0.2) is 0 Å². The Morgan fingerprint density at radius 2 is 0.452 bits per heavy atom. The van der Waals surface area contributed by atoms with Crippen LogP contribution in [0.3, 0.4) is 0 Å². The minimum Gasteiger partial charge on any atom is -0.311 e. The molecule has 4 nitrogen and oxygen atoms in total. The lowest BCUT2D eigenvalue weighted by atomic mass is 9.33. The Kier molecular flexibility index (Phi) is 22.6. The molecule has 0 fully saturated rings. The van der Waals surface area contributed by atoms with Gasteiger partial charge in [0.05, 0.1) is 33.4 Å². The maximum absolute atomic E-state index is 2.83. The maximum atomic E-state index is 2.83. The van der Waals surface area contributed by atoms with Crippen LogP contribution in [0, 0.1) is 0 Å². The molecule has 0 amide bonds. The minimum absolute atomic E-state index is 0.0719. The highest BCUT2D eigenvalue weighted by atomic mass is 15.2. The molecule has 2 aliphatic heterocycles. The Hall–Kier alpha value is -10.9. The van der Waals surface area contributed by atoms with E-state index in [2.05, 4.69) is 519 Å². The highest BCUT2D eigenvalue weighted by Gasteiger charge is 2.48. The van der Waals surface area contributed by atoms with Crippen LogP contribution < -0.4 is 26.2 Å². The molecule has 0 saturated carbocycles. The van der Waals surface area contributed by atoms with Gasteiger partial charge in [0.15, 0.2) is 0 Å². The van der Waals surface area contributed by atoms with Gasteiger partial charge in [0.2, 0.25) is 0 Å². The molecule has 13 aromatic carbocycles. The van der Waals surface area contributed by atoms with Crippen LogP contribution in [-0.4, -0.2) is 15.8 Å². The van der Waals surface area contributed by atoms with Crippen molar-refractivity contribution < 1.29 is 0 Å². The molecule has 0 atom stereocenters. The average molecular weight is 1780 g/mol. The van der Waals surface area contributed by atoms with Gasteiger partial charge >= 0.3 is 0 Å². The summed E-state index contributed by atoms with van der Waals surface area (Å²) >= 11 is 0. The number of anilines is 6. The van der Waals surface area contributed by atoms with Crippen LogP contribution in [0.25, 0.3) is 99.5 Å². The van der Waals surface area contributed by atoms with Crippen LogP contribution >= 0.6 is 0 Å². The molecule has 5 heteroatoms. The summed E-state index contributed by atoms with van der Waals surface area (Å²) in [4.78, 5) is 5.66. The molecule has 4 heterocycles. The molecule has 0 unspecified atom stereocenters. The normalized spacial score (nSPS) is 14.1. The fraction of sp³-hybridized carbons (Fsp3) is 0.400. The first-order chi connectivity index (χ1) is 62.2. The quantitative estimate of drug-likeness (QED) is 0.141. The molecule has 698 valence electrons. The lowest BCUT2D eigenvalue weighted by molar-refractivity contribution is 0.550.